The number of hydrogen-bond acceptors (Lipinski definition) is 2. The van der Waals surface area contributed by atoms with Crippen molar-refractivity contribution in [1.29, 1.82) is 0 Å². The maximum Gasteiger partial charge on any atom is 0.0625 e. The predicted molar refractivity (Wildman–Crippen MR) is 55.8 cm³/mol. The smallest absolute Gasteiger partial charge is 0.0625 e. The average molecular weight is 177 g/mol. The van der Waals surface area contributed by atoms with E-state index in [2.05, 4.69) is 23.8 Å². The number of nitrogens with zero attached hydrogens (tertiary/aromatic N) is 1. The van der Waals surface area contributed by atoms with Gasteiger partial charge in [0.1, 0.15) is 0 Å². The summed E-state index contributed by atoms with van der Waals surface area (Å²) in [6, 6.07) is 6.36. The zero-order chi connectivity index (χ0) is 9.68. The Kier molecular flexibility index (Phi) is 3.65. The SMILES string of the molecule is C=Nc1ccc2c(c1)CCC2.CO. The third-order valence-electron chi connectivity index (χ3n) is 2.26. The fourth-order valence-corrected chi connectivity index (χ4v) is 1.66. The molecule has 13 heavy (non-hydrogen) atoms. The van der Waals surface area contributed by atoms with E-state index < -0.39 is 0 Å². The Morgan fingerprint density at radius 2 is 1.92 bits per heavy atom. The molecule has 1 N–H and O–H groups in total. The lowest BCUT2D eigenvalue weighted by atomic mass is 10.1. The van der Waals surface area contributed by atoms with E-state index in [0.29, 0.717) is 0 Å². The first-order valence-corrected chi connectivity index (χ1v) is 4.43. The van der Waals surface area contributed by atoms with E-state index in [4.69, 9.17) is 5.11 Å². The second-order valence-electron chi connectivity index (χ2n) is 2.96. The van der Waals surface area contributed by atoms with Gasteiger partial charge in [0.15, 0.2) is 0 Å². The van der Waals surface area contributed by atoms with Crippen LogP contribution in [0.1, 0.15) is 17.5 Å². The molecular formula is C11H15NO. The molecule has 2 heteroatoms. The zero-order valence-corrected chi connectivity index (χ0v) is 7.95. The van der Waals surface area contributed by atoms with Gasteiger partial charge in [-0.1, -0.05) is 6.07 Å². The Bertz CT molecular complexity index is 294. The fraction of sp³-hybridized carbons (Fsp3) is 0.364. The molecule has 70 valence electrons. The van der Waals surface area contributed by atoms with E-state index in [1.807, 2.05) is 6.07 Å². The van der Waals surface area contributed by atoms with Crippen LogP contribution >= 0.6 is 0 Å². The maximum atomic E-state index is 7.00. The molecule has 0 aromatic heterocycles. The van der Waals surface area contributed by atoms with Crippen LogP contribution in [0.3, 0.4) is 0 Å². The Morgan fingerprint density at radius 1 is 1.23 bits per heavy atom. The van der Waals surface area contributed by atoms with Gasteiger partial charge in [-0.3, -0.25) is 4.99 Å². The molecule has 2 nitrogen and oxygen atoms in total. The standard InChI is InChI=1S/C10H11N.CH4O/c1-11-10-6-5-8-3-2-4-9(8)7-10;1-2/h5-7H,1-4H2;2H,1H3. The highest BCUT2D eigenvalue weighted by Gasteiger charge is 2.09. The molecule has 0 saturated heterocycles. The highest BCUT2D eigenvalue weighted by atomic mass is 16.2. The van der Waals surface area contributed by atoms with Crippen molar-refractivity contribution in [2.24, 2.45) is 4.99 Å². The Labute approximate surface area is 78.9 Å². The van der Waals surface area contributed by atoms with Crippen LogP contribution in [0, 0.1) is 0 Å². The van der Waals surface area contributed by atoms with Gasteiger partial charge in [0, 0.05) is 7.11 Å². The first-order chi connectivity index (χ1) is 6.40. The van der Waals surface area contributed by atoms with Crippen molar-refractivity contribution in [2.45, 2.75) is 19.3 Å². The molecule has 0 aliphatic heterocycles. The van der Waals surface area contributed by atoms with Gasteiger partial charge in [0.05, 0.1) is 5.69 Å². The van der Waals surface area contributed by atoms with E-state index in [1.54, 1.807) is 0 Å². The molecule has 0 heterocycles. The summed E-state index contributed by atoms with van der Waals surface area (Å²) in [5.74, 6) is 0. The number of aryl methyl sites for hydroxylation is 2. The van der Waals surface area contributed by atoms with Gasteiger partial charge in [-0.2, -0.15) is 0 Å². The molecule has 0 radical (unpaired) electrons. The molecule has 0 spiro atoms. The van der Waals surface area contributed by atoms with E-state index >= 15 is 0 Å². The highest BCUT2D eigenvalue weighted by molar-refractivity contribution is 5.50. The maximum absolute atomic E-state index is 7.00. The number of aliphatic hydroxyl groups is 1. The summed E-state index contributed by atoms with van der Waals surface area (Å²) < 4.78 is 0. The van der Waals surface area contributed by atoms with Crippen molar-refractivity contribution >= 4 is 12.4 Å². The van der Waals surface area contributed by atoms with Crippen molar-refractivity contribution in [3.63, 3.8) is 0 Å². The number of rotatable bonds is 1. The van der Waals surface area contributed by atoms with Gasteiger partial charge in [-0.25, -0.2) is 0 Å². The Morgan fingerprint density at radius 3 is 2.62 bits per heavy atom. The summed E-state index contributed by atoms with van der Waals surface area (Å²) in [6.07, 6.45) is 3.77. The second-order valence-corrected chi connectivity index (χ2v) is 2.96. The number of benzene rings is 1. The van der Waals surface area contributed by atoms with Crippen molar-refractivity contribution in [2.75, 3.05) is 7.11 Å². The summed E-state index contributed by atoms with van der Waals surface area (Å²) in [5, 5.41) is 7.00. The van der Waals surface area contributed by atoms with Crippen LogP contribution in [0.5, 0.6) is 0 Å². The number of fused-ring (bicyclic) bond motifs is 1. The quantitative estimate of drug-likeness (QED) is 0.655. The summed E-state index contributed by atoms with van der Waals surface area (Å²) in [4.78, 5) is 3.90. The number of aliphatic hydroxyl groups excluding tert-OH is 1. The summed E-state index contributed by atoms with van der Waals surface area (Å²) in [5.41, 5.74) is 3.97. The molecule has 0 unspecified atom stereocenters. The molecule has 0 saturated carbocycles. The topological polar surface area (TPSA) is 32.6 Å². The minimum Gasteiger partial charge on any atom is -0.400 e. The summed E-state index contributed by atoms with van der Waals surface area (Å²) in [7, 11) is 1.00. The number of hydrogen-bond donors (Lipinski definition) is 1. The van der Waals surface area contributed by atoms with Crippen molar-refractivity contribution in [3.8, 4) is 0 Å². The minimum absolute atomic E-state index is 1.00. The average Bonchev–Trinajstić information content (AvgIpc) is 2.67. The van der Waals surface area contributed by atoms with E-state index in [-0.39, 0.29) is 0 Å². The highest BCUT2D eigenvalue weighted by Crippen LogP contribution is 2.25. The van der Waals surface area contributed by atoms with Gasteiger partial charge < -0.3 is 5.11 Å². The number of aliphatic imine (C=N–C) groups is 1. The molecule has 0 atom stereocenters. The van der Waals surface area contributed by atoms with Crippen LogP contribution in [0.4, 0.5) is 5.69 Å². The molecule has 1 aliphatic carbocycles. The van der Waals surface area contributed by atoms with Gasteiger partial charge >= 0.3 is 0 Å². The molecule has 0 fully saturated rings. The third kappa shape index (κ3) is 2.16. The van der Waals surface area contributed by atoms with Gasteiger partial charge in [0.2, 0.25) is 0 Å². The molecule has 1 aliphatic rings. The molecule has 0 bridgehead atoms. The van der Waals surface area contributed by atoms with Crippen LogP contribution in [0.15, 0.2) is 23.2 Å². The van der Waals surface area contributed by atoms with Crippen LogP contribution in [0.25, 0.3) is 0 Å². The predicted octanol–water partition coefficient (Wildman–Crippen LogP) is 2.12. The first-order valence-electron chi connectivity index (χ1n) is 4.43. The minimum atomic E-state index is 1.00. The molecule has 1 aromatic rings. The monoisotopic (exact) mass is 177 g/mol. The molecule has 1 aromatic carbocycles. The van der Waals surface area contributed by atoms with Gasteiger partial charge in [-0.05, 0) is 49.2 Å². The first kappa shape index (κ1) is 9.93. The fourth-order valence-electron chi connectivity index (χ4n) is 1.66. The third-order valence-corrected chi connectivity index (χ3v) is 2.26. The lowest BCUT2D eigenvalue weighted by Crippen LogP contribution is -1.79. The lowest BCUT2D eigenvalue weighted by Gasteiger charge is -1.98. The summed E-state index contributed by atoms with van der Waals surface area (Å²) in [6.45, 7) is 3.51. The van der Waals surface area contributed by atoms with Crippen LogP contribution < -0.4 is 0 Å². The molecule has 0 amide bonds. The normalized spacial score (nSPS) is 12.8. The van der Waals surface area contributed by atoms with Crippen LogP contribution in [-0.2, 0) is 12.8 Å². The van der Waals surface area contributed by atoms with Crippen molar-refractivity contribution < 1.29 is 5.11 Å². The second kappa shape index (κ2) is 4.77. The van der Waals surface area contributed by atoms with Crippen LogP contribution in [-0.4, -0.2) is 18.9 Å². The Balaban J connectivity index is 0.000000396. The van der Waals surface area contributed by atoms with Gasteiger partial charge in [-0.15, -0.1) is 0 Å². The van der Waals surface area contributed by atoms with Gasteiger partial charge in [0.25, 0.3) is 0 Å². The van der Waals surface area contributed by atoms with Crippen molar-refractivity contribution in [1.82, 2.24) is 0 Å². The van der Waals surface area contributed by atoms with Crippen LogP contribution in [0.2, 0.25) is 0 Å². The Hall–Kier alpha value is -1.15. The van der Waals surface area contributed by atoms with E-state index in [9.17, 15) is 0 Å². The zero-order valence-electron chi connectivity index (χ0n) is 7.95. The molecular weight excluding hydrogens is 162 g/mol. The lowest BCUT2D eigenvalue weighted by molar-refractivity contribution is 0.399. The largest absolute Gasteiger partial charge is 0.400 e. The van der Waals surface area contributed by atoms with E-state index in [0.717, 1.165) is 12.8 Å². The van der Waals surface area contributed by atoms with Crippen molar-refractivity contribution in [3.05, 3.63) is 29.3 Å². The summed E-state index contributed by atoms with van der Waals surface area (Å²) >= 11 is 0. The van der Waals surface area contributed by atoms with E-state index in [1.165, 1.54) is 30.4 Å². The molecule has 2 rings (SSSR count).